The van der Waals surface area contributed by atoms with Crippen LogP contribution in [0.3, 0.4) is 0 Å². The largest absolute Gasteiger partial charge is 0.337 e. The number of hydrogen-bond donors (Lipinski definition) is 2. The molecule has 1 aliphatic carbocycles. The summed E-state index contributed by atoms with van der Waals surface area (Å²) in [6.07, 6.45) is 7.53. The highest BCUT2D eigenvalue weighted by Crippen LogP contribution is 2.40. The van der Waals surface area contributed by atoms with Gasteiger partial charge in [-0.3, -0.25) is 10.00 Å². The van der Waals surface area contributed by atoms with E-state index in [1.807, 2.05) is 12.4 Å². The van der Waals surface area contributed by atoms with Gasteiger partial charge in [-0.05, 0) is 30.7 Å². The summed E-state index contributed by atoms with van der Waals surface area (Å²) in [5.74, 6) is 4.33. The monoisotopic (exact) mass is 447 g/mol. The molecule has 0 spiro atoms. The molecule has 1 saturated carbocycles. The molecule has 4 aromatic heterocycles. The van der Waals surface area contributed by atoms with E-state index in [2.05, 4.69) is 59.4 Å². The van der Waals surface area contributed by atoms with E-state index in [0.717, 1.165) is 65.4 Å². The van der Waals surface area contributed by atoms with Gasteiger partial charge in [-0.2, -0.15) is 10.1 Å². The SMILES string of the molecule is Cn1ccnc1CN1C[C@@H]2C[C@H]1CN2c1nc(Nc2cc(C3CC3)n[nH]2)c2sccc2n1. The molecule has 0 radical (unpaired) electrons. The van der Waals surface area contributed by atoms with Crippen molar-refractivity contribution in [3.8, 4) is 0 Å². The Morgan fingerprint density at radius 1 is 1.22 bits per heavy atom. The number of piperazine rings is 1. The fourth-order valence-electron chi connectivity index (χ4n) is 5.10. The summed E-state index contributed by atoms with van der Waals surface area (Å²) in [7, 11) is 2.06. The van der Waals surface area contributed by atoms with Crippen LogP contribution in [-0.2, 0) is 13.6 Å². The second-order valence-electron chi connectivity index (χ2n) is 9.19. The van der Waals surface area contributed by atoms with Crippen molar-refractivity contribution in [2.75, 3.05) is 23.3 Å². The molecule has 10 heteroatoms. The predicted octanol–water partition coefficient (Wildman–Crippen LogP) is 3.23. The van der Waals surface area contributed by atoms with Crippen LogP contribution in [0.4, 0.5) is 17.6 Å². The van der Waals surface area contributed by atoms with Gasteiger partial charge in [0.25, 0.3) is 0 Å². The van der Waals surface area contributed by atoms with Gasteiger partial charge in [0, 0.05) is 56.6 Å². The van der Waals surface area contributed by atoms with Crippen molar-refractivity contribution in [2.45, 2.75) is 43.8 Å². The summed E-state index contributed by atoms with van der Waals surface area (Å²) in [6.45, 7) is 2.88. The fraction of sp³-hybridized carbons (Fsp3) is 0.455. The van der Waals surface area contributed by atoms with E-state index in [1.54, 1.807) is 11.3 Å². The Morgan fingerprint density at radius 3 is 2.94 bits per heavy atom. The molecule has 4 aromatic rings. The molecule has 2 N–H and O–H groups in total. The van der Waals surface area contributed by atoms with Gasteiger partial charge in [-0.15, -0.1) is 11.3 Å². The normalized spacial score (nSPS) is 23.0. The van der Waals surface area contributed by atoms with Crippen LogP contribution in [-0.4, -0.2) is 59.8 Å². The van der Waals surface area contributed by atoms with Gasteiger partial charge in [-0.25, -0.2) is 9.97 Å². The number of hydrogen-bond acceptors (Lipinski definition) is 8. The van der Waals surface area contributed by atoms with Crippen molar-refractivity contribution in [3.05, 3.63) is 41.4 Å². The number of nitrogens with zero attached hydrogens (tertiary/aromatic N) is 7. The Morgan fingerprint density at radius 2 is 2.16 bits per heavy atom. The van der Waals surface area contributed by atoms with Crippen molar-refractivity contribution in [2.24, 2.45) is 7.05 Å². The number of aromatic amines is 1. The van der Waals surface area contributed by atoms with Crippen molar-refractivity contribution in [1.29, 1.82) is 0 Å². The van der Waals surface area contributed by atoms with Crippen LogP contribution in [0.25, 0.3) is 10.2 Å². The van der Waals surface area contributed by atoms with E-state index < -0.39 is 0 Å². The van der Waals surface area contributed by atoms with E-state index in [1.165, 1.54) is 12.8 Å². The Balaban J connectivity index is 1.14. The predicted molar refractivity (Wildman–Crippen MR) is 124 cm³/mol. The first kappa shape index (κ1) is 18.6. The first-order valence-corrected chi connectivity index (χ1v) is 12.1. The lowest BCUT2D eigenvalue weighted by atomic mass is 10.2. The number of aromatic nitrogens is 6. The van der Waals surface area contributed by atoms with E-state index in [9.17, 15) is 0 Å². The smallest absolute Gasteiger partial charge is 0.228 e. The number of anilines is 3. The van der Waals surface area contributed by atoms with Gasteiger partial charge in [0.1, 0.15) is 11.6 Å². The van der Waals surface area contributed by atoms with Crippen LogP contribution >= 0.6 is 11.3 Å². The lowest BCUT2D eigenvalue weighted by molar-refractivity contribution is 0.222. The first-order valence-electron chi connectivity index (χ1n) is 11.3. The minimum atomic E-state index is 0.442. The van der Waals surface area contributed by atoms with Gasteiger partial charge >= 0.3 is 0 Å². The number of fused-ring (bicyclic) bond motifs is 3. The van der Waals surface area contributed by atoms with E-state index >= 15 is 0 Å². The molecule has 7 rings (SSSR count). The van der Waals surface area contributed by atoms with E-state index in [-0.39, 0.29) is 0 Å². The van der Waals surface area contributed by atoms with Crippen LogP contribution < -0.4 is 10.2 Å². The molecule has 0 amide bonds. The second-order valence-corrected chi connectivity index (χ2v) is 10.1. The highest BCUT2D eigenvalue weighted by atomic mass is 32.1. The van der Waals surface area contributed by atoms with Gasteiger partial charge in [0.2, 0.25) is 5.95 Å². The Hall–Kier alpha value is -2.98. The number of nitrogens with one attached hydrogen (secondary N) is 2. The van der Waals surface area contributed by atoms with Crippen LogP contribution in [0.1, 0.15) is 36.7 Å². The van der Waals surface area contributed by atoms with Crippen LogP contribution in [0.5, 0.6) is 0 Å². The summed E-state index contributed by atoms with van der Waals surface area (Å²) in [5.41, 5.74) is 2.14. The summed E-state index contributed by atoms with van der Waals surface area (Å²) in [4.78, 5) is 19.4. The van der Waals surface area contributed by atoms with Crippen LogP contribution in [0.2, 0.25) is 0 Å². The quantitative estimate of drug-likeness (QED) is 0.469. The topological polar surface area (TPSA) is 90.8 Å². The minimum Gasteiger partial charge on any atom is -0.337 e. The molecule has 2 saturated heterocycles. The standard InChI is InChI=1S/C22H25N9S/c1-29-6-5-23-19(29)12-30-10-15-8-14(30)11-31(15)22-24-16-4-7-32-20(16)21(26-22)25-18-9-17(27-28-18)13-2-3-13/h4-7,9,13-15H,2-3,8,10-12H2,1H3,(H2,24,25,26,27,28)/t14-,15-/m0/s1. The van der Waals surface area contributed by atoms with Gasteiger partial charge in [0.15, 0.2) is 5.82 Å². The molecule has 0 unspecified atom stereocenters. The lowest BCUT2D eigenvalue weighted by Gasteiger charge is -2.34. The molecule has 0 aromatic carbocycles. The number of thiophene rings is 1. The van der Waals surface area contributed by atoms with Crippen molar-refractivity contribution in [1.82, 2.24) is 34.6 Å². The number of rotatable bonds is 6. The molecule has 9 nitrogen and oxygen atoms in total. The van der Waals surface area contributed by atoms with Crippen molar-refractivity contribution >= 4 is 39.1 Å². The summed E-state index contributed by atoms with van der Waals surface area (Å²) in [6, 6.07) is 5.16. The Labute approximate surface area is 189 Å². The zero-order valence-electron chi connectivity index (χ0n) is 17.9. The first-order chi connectivity index (χ1) is 15.7. The zero-order chi connectivity index (χ0) is 21.2. The summed E-state index contributed by atoms with van der Waals surface area (Å²) < 4.78 is 3.19. The minimum absolute atomic E-state index is 0.442. The molecule has 3 fully saturated rings. The summed E-state index contributed by atoms with van der Waals surface area (Å²) in [5, 5.41) is 13.2. The highest BCUT2D eigenvalue weighted by molar-refractivity contribution is 7.17. The Kier molecular flexibility index (Phi) is 4.07. The third-order valence-corrected chi connectivity index (χ3v) is 7.92. The number of likely N-dealkylation sites (tertiary alicyclic amines) is 1. The van der Waals surface area contributed by atoms with Crippen LogP contribution in [0, 0.1) is 0 Å². The number of aryl methyl sites for hydroxylation is 1. The number of H-pyrrole nitrogens is 1. The van der Waals surface area contributed by atoms with E-state index in [0.29, 0.717) is 18.0 Å². The fourth-order valence-corrected chi connectivity index (χ4v) is 5.88. The average molecular weight is 448 g/mol. The molecule has 2 bridgehead atoms. The molecule has 164 valence electrons. The summed E-state index contributed by atoms with van der Waals surface area (Å²) >= 11 is 1.67. The van der Waals surface area contributed by atoms with Crippen molar-refractivity contribution < 1.29 is 0 Å². The lowest BCUT2D eigenvalue weighted by Crippen LogP contribution is -2.46. The Bertz CT molecular complexity index is 1290. The zero-order valence-corrected chi connectivity index (χ0v) is 18.7. The maximum atomic E-state index is 4.99. The van der Waals surface area contributed by atoms with Gasteiger partial charge < -0.3 is 14.8 Å². The van der Waals surface area contributed by atoms with E-state index in [4.69, 9.17) is 9.97 Å². The molecule has 32 heavy (non-hydrogen) atoms. The average Bonchev–Trinajstić information content (AvgIpc) is 3.28. The third kappa shape index (κ3) is 3.08. The molecule has 2 aliphatic heterocycles. The maximum Gasteiger partial charge on any atom is 0.228 e. The highest BCUT2D eigenvalue weighted by Gasteiger charge is 2.44. The van der Waals surface area contributed by atoms with Crippen LogP contribution in [0.15, 0.2) is 29.9 Å². The maximum absolute atomic E-state index is 4.99. The molecule has 3 aliphatic rings. The number of imidazole rings is 1. The van der Waals surface area contributed by atoms with Gasteiger partial charge in [-0.1, -0.05) is 0 Å². The molecular weight excluding hydrogens is 422 g/mol. The third-order valence-electron chi connectivity index (χ3n) is 7.01. The second kappa shape index (κ2) is 7.01. The van der Waals surface area contributed by atoms with Crippen molar-refractivity contribution in [3.63, 3.8) is 0 Å². The molecule has 2 atom stereocenters. The van der Waals surface area contributed by atoms with Gasteiger partial charge in [0.05, 0.1) is 22.5 Å². The molecular formula is C22H25N9S. The molecule has 6 heterocycles.